The first-order chi connectivity index (χ1) is 11.5. The lowest BCUT2D eigenvalue weighted by molar-refractivity contribution is 0.0933. The van der Waals surface area contributed by atoms with E-state index in [4.69, 9.17) is 5.73 Å². The van der Waals surface area contributed by atoms with Crippen LogP contribution in [0.25, 0.3) is 0 Å². The highest BCUT2D eigenvalue weighted by molar-refractivity contribution is 7.89. The van der Waals surface area contributed by atoms with Gasteiger partial charge in [-0.25, -0.2) is 13.1 Å². The molecule has 0 heterocycles. The van der Waals surface area contributed by atoms with Gasteiger partial charge in [-0.1, -0.05) is 18.9 Å². The first-order valence-corrected chi connectivity index (χ1v) is 10.1. The molecule has 1 aromatic carbocycles. The quantitative estimate of drug-likeness (QED) is 0.663. The summed E-state index contributed by atoms with van der Waals surface area (Å²) in [5.41, 5.74) is 6.06. The third-order valence-corrected chi connectivity index (χ3v) is 6.36. The molecule has 25 heavy (non-hydrogen) atoms. The molecule has 2 aliphatic carbocycles. The van der Waals surface area contributed by atoms with Crippen molar-refractivity contribution in [1.29, 1.82) is 0 Å². The van der Waals surface area contributed by atoms with E-state index in [-0.39, 0.29) is 35.3 Å². The average Bonchev–Trinajstić information content (AvgIpc) is 3.30. The molecular weight excluding hydrogens is 362 g/mol. The van der Waals surface area contributed by atoms with Gasteiger partial charge < -0.3 is 11.1 Å². The molecular formula is C17H26ClN3O3S. The lowest BCUT2D eigenvalue weighted by Crippen LogP contribution is -2.41. The molecule has 0 bridgehead atoms. The van der Waals surface area contributed by atoms with Gasteiger partial charge in [0, 0.05) is 24.2 Å². The zero-order chi connectivity index (χ0) is 17.2. The minimum absolute atomic E-state index is 0. The lowest BCUT2D eigenvalue weighted by atomic mass is 10.1. The van der Waals surface area contributed by atoms with Crippen molar-refractivity contribution in [2.24, 2.45) is 11.7 Å². The highest BCUT2D eigenvalue weighted by Gasteiger charge is 2.31. The second-order valence-corrected chi connectivity index (χ2v) is 8.50. The zero-order valence-corrected chi connectivity index (χ0v) is 15.7. The van der Waals surface area contributed by atoms with Crippen LogP contribution in [0.1, 0.15) is 48.9 Å². The van der Waals surface area contributed by atoms with Crippen molar-refractivity contribution in [3.05, 3.63) is 29.8 Å². The molecule has 8 heteroatoms. The summed E-state index contributed by atoms with van der Waals surface area (Å²) in [7, 11) is -3.59. The number of hydrogen-bond acceptors (Lipinski definition) is 4. The summed E-state index contributed by atoms with van der Waals surface area (Å²) in [5.74, 6) is 0.185. The van der Waals surface area contributed by atoms with Crippen molar-refractivity contribution in [3.63, 3.8) is 0 Å². The smallest absolute Gasteiger partial charge is 0.251 e. The van der Waals surface area contributed by atoms with Crippen LogP contribution in [0, 0.1) is 5.92 Å². The number of benzene rings is 1. The van der Waals surface area contributed by atoms with Crippen molar-refractivity contribution in [1.82, 2.24) is 10.0 Å². The van der Waals surface area contributed by atoms with E-state index in [0.717, 1.165) is 38.5 Å². The summed E-state index contributed by atoms with van der Waals surface area (Å²) in [6.07, 6.45) is 6.02. The minimum atomic E-state index is -3.59. The Bertz CT molecular complexity index is 701. The van der Waals surface area contributed by atoms with E-state index in [0.29, 0.717) is 18.0 Å². The fraction of sp³-hybridized carbons (Fsp3) is 0.588. The maximum Gasteiger partial charge on any atom is 0.251 e. The predicted molar refractivity (Wildman–Crippen MR) is 99.3 cm³/mol. The van der Waals surface area contributed by atoms with E-state index in [2.05, 4.69) is 10.0 Å². The first-order valence-electron chi connectivity index (χ1n) is 8.63. The van der Waals surface area contributed by atoms with Crippen LogP contribution >= 0.6 is 12.4 Å². The second-order valence-electron chi connectivity index (χ2n) is 6.78. The largest absolute Gasteiger partial charge is 0.348 e. The van der Waals surface area contributed by atoms with Crippen molar-refractivity contribution in [2.45, 2.75) is 55.5 Å². The highest BCUT2D eigenvalue weighted by Crippen LogP contribution is 2.32. The maximum absolute atomic E-state index is 12.5. The Morgan fingerprint density at radius 2 is 1.88 bits per heavy atom. The molecule has 0 spiro atoms. The Balaban J connectivity index is 0.00000225. The number of nitrogens with two attached hydrogens (primary N) is 1. The predicted octanol–water partition coefficient (Wildman–Crippen LogP) is 1.80. The minimum Gasteiger partial charge on any atom is -0.348 e. The van der Waals surface area contributed by atoms with Crippen LogP contribution in [-0.4, -0.2) is 33.0 Å². The van der Waals surface area contributed by atoms with Crippen LogP contribution < -0.4 is 15.8 Å². The fourth-order valence-electron chi connectivity index (χ4n) is 3.26. The van der Waals surface area contributed by atoms with Gasteiger partial charge in [-0.2, -0.15) is 0 Å². The normalized spacial score (nSPS) is 19.2. The highest BCUT2D eigenvalue weighted by atomic mass is 35.5. The van der Waals surface area contributed by atoms with Crippen LogP contribution in [-0.2, 0) is 10.0 Å². The molecule has 1 unspecified atom stereocenters. The van der Waals surface area contributed by atoms with Crippen LogP contribution in [0.3, 0.4) is 0 Å². The first kappa shape index (κ1) is 20.2. The molecule has 140 valence electrons. The fourth-order valence-corrected chi connectivity index (χ4v) is 4.61. The standard InChI is InChI=1S/C17H25N3O3S.ClH/c18-11-16(12-8-9-12)19-17(21)13-4-3-7-15(10-13)24(22,23)20-14-5-1-2-6-14;/h3-4,7,10,12,14,16,20H,1-2,5-6,8-9,11,18H2,(H,19,21);1H. The SMILES string of the molecule is Cl.NCC(NC(=O)c1cccc(S(=O)(=O)NC2CCCC2)c1)C1CC1. The van der Waals surface area contributed by atoms with E-state index >= 15 is 0 Å². The van der Waals surface area contributed by atoms with Crippen molar-refractivity contribution in [2.75, 3.05) is 6.54 Å². The number of halogens is 1. The van der Waals surface area contributed by atoms with E-state index in [1.54, 1.807) is 12.1 Å². The third kappa shape index (κ3) is 5.17. The zero-order valence-electron chi connectivity index (χ0n) is 14.1. The van der Waals surface area contributed by atoms with Crippen molar-refractivity contribution in [3.8, 4) is 0 Å². The number of hydrogen-bond donors (Lipinski definition) is 3. The molecule has 4 N–H and O–H groups in total. The second kappa shape index (κ2) is 8.49. The molecule has 1 aromatic rings. The molecule has 3 rings (SSSR count). The molecule has 0 saturated heterocycles. The maximum atomic E-state index is 12.5. The van der Waals surface area contributed by atoms with E-state index in [1.807, 2.05) is 0 Å². The Labute approximate surface area is 155 Å². The average molecular weight is 388 g/mol. The van der Waals surface area contributed by atoms with Crippen LogP contribution in [0.2, 0.25) is 0 Å². The summed E-state index contributed by atoms with van der Waals surface area (Å²) < 4.78 is 27.7. The van der Waals surface area contributed by atoms with Gasteiger partial charge in [0.15, 0.2) is 0 Å². The molecule has 2 fully saturated rings. The van der Waals surface area contributed by atoms with Gasteiger partial charge in [0.25, 0.3) is 5.91 Å². The molecule has 1 atom stereocenters. The summed E-state index contributed by atoms with van der Waals surface area (Å²) in [4.78, 5) is 12.5. The van der Waals surface area contributed by atoms with E-state index in [9.17, 15) is 13.2 Å². The molecule has 0 radical (unpaired) electrons. The van der Waals surface area contributed by atoms with Crippen LogP contribution in [0.15, 0.2) is 29.2 Å². The number of sulfonamides is 1. The number of rotatable bonds is 7. The third-order valence-electron chi connectivity index (χ3n) is 4.84. The summed E-state index contributed by atoms with van der Waals surface area (Å²) in [5, 5.41) is 2.92. The van der Waals surface area contributed by atoms with Gasteiger partial charge in [0.2, 0.25) is 10.0 Å². The van der Waals surface area contributed by atoms with Crippen molar-refractivity contribution >= 4 is 28.3 Å². The van der Waals surface area contributed by atoms with Gasteiger partial charge in [0.05, 0.1) is 4.90 Å². The van der Waals surface area contributed by atoms with Gasteiger partial charge >= 0.3 is 0 Å². The molecule has 6 nitrogen and oxygen atoms in total. The molecule has 1 amide bonds. The van der Waals surface area contributed by atoms with Gasteiger partial charge in [-0.05, 0) is 49.8 Å². The molecule has 0 aliphatic heterocycles. The Morgan fingerprint density at radius 1 is 1.20 bits per heavy atom. The Kier molecular flexibility index (Phi) is 6.85. The van der Waals surface area contributed by atoms with Gasteiger partial charge in [-0.15, -0.1) is 12.4 Å². The van der Waals surface area contributed by atoms with Crippen LogP contribution in [0.4, 0.5) is 0 Å². The van der Waals surface area contributed by atoms with Gasteiger partial charge in [0.1, 0.15) is 0 Å². The molecule has 2 saturated carbocycles. The number of nitrogens with one attached hydrogen (secondary N) is 2. The summed E-state index contributed by atoms with van der Waals surface area (Å²) in [6.45, 7) is 0.400. The van der Waals surface area contributed by atoms with Crippen LogP contribution in [0.5, 0.6) is 0 Å². The number of amides is 1. The monoisotopic (exact) mass is 387 g/mol. The number of carbonyl (C=O) groups excluding carboxylic acids is 1. The Hall–Kier alpha value is -1.15. The van der Waals surface area contributed by atoms with Crippen molar-refractivity contribution < 1.29 is 13.2 Å². The lowest BCUT2D eigenvalue weighted by Gasteiger charge is -2.17. The molecule has 0 aromatic heterocycles. The number of carbonyl (C=O) groups is 1. The van der Waals surface area contributed by atoms with Gasteiger partial charge in [-0.3, -0.25) is 4.79 Å². The topological polar surface area (TPSA) is 101 Å². The van der Waals surface area contributed by atoms with E-state index < -0.39 is 10.0 Å². The molecule has 2 aliphatic rings. The summed E-state index contributed by atoms with van der Waals surface area (Å²) in [6, 6.07) is 6.16. The summed E-state index contributed by atoms with van der Waals surface area (Å²) >= 11 is 0. The van der Waals surface area contributed by atoms with E-state index in [1.165, 1.54) is 12.1 Å². The Morgan fingerprint density at radius 3 is 2.48 bits per heavy atom.